The maximum atomic E-state index is 11.6. The molecule has 1 aliphatic heterocycles. The van der Waals surface area contributed by atoms with Gasteiger partial charge in [-0.15, -0.1) is 0 Å². The van der Waals surface area contributed by atoms with Crippen molar-refractivity contribution in [1.29, 1.82) is 0 Å². The lowest BCUT2D eigenvalue weighted by Crippen LogP contribution is -2.34. The molecule has 6 nitrogen and oxygen atoms in total. The molecule has 0 spiro atoms. The van der Waals surface area contributed by atoms with E-state index < -0.39 is 5.97 Å². The van der Waals surface area contributed by atoms with E-state index in [0.717, 1.165) is 19.4 Å². The first-order chi connectivity index (χ1) is 9.66. The van der Waals surface area contributed by atoms with Gasteiger partial charge in [-0.1, -0.05) is 12.1 Å². The molecule has 6 heteroatoms. The van der Waals surface area contributed by atoms with Gasteiger partial charge in [-0.3, -0.25) is 4.79 Å². The molecule has 1 aromatic carbocycles. The van der Waals surface area contributed by atoms with Crippen molar-refractivity contribution >= 4 is 11.9 Å². The average Bonchev–Trinajstić information content (AvgIpc) is 2.96. The highest BCUT2D eigenvalue weighted by Gasteiger charge is 2.17. The van der Waals surface area contributed by atoms with Crippen LogP contribution in [-0.4, -0.2) is 42.8 Å². The number of amides is 1. The topological polar surface area (TPSA) is 84.9 Å². The molecule has 2 rings (SSSR count). The number of carbonyl (C=O) groups excluding carboxylic acids is 2. The Hall–Kier alpha value is -2.08. The number of nitrogens with one attached hydrogen (secondary N) is 1. The van der Waals surface area contributed by atoms with E-state index in [9.17, 15) is 14.7 Å². The van der Waals surface area contributed by atoms with Crippen LogP contribution in [0.5, 0.6) is 5.75 Å². The number of carbonyl (C=O) groups is 2. The number of phenols is 1. The van der Waals surface area contributed by atoms with E-state index in [1.165, 1.54) is 12.1 Å². The third-order valence-electron chi connectivity index (χ3n) is 3.01. The Labute approximate surface area is 116 Å². The number of aromatic hydroxyl groups is 1. The van der Waals surface area contributed by atoms with Gasteiger partial charge in [-0.25, -0.2) is 4.79 Å². The third kappa shape index (κ3) is 3.96. The zero-order valence-electron chi connectivity index (χ0n) is 11.0. The molecule has 20 heavy (non-hydrogen) atoms. The van der Waals surface area contributed by atoms with Crippen LogP contribution < -0.4 is 5.32 Å². The van der Waals surface area contributed by atoms with Crippen molar-refractivity contribution in [2.24, 2.45) is 0 Å². The third-order valence-corrected chi connectivity index (χ3v) is 3.01. The molecule has 0 unspecified atom stereocenters. The molecule has 1 amide bonds. The average molecular weight is 279 g/mol. The summed E-state index contributed by atoms with van der Waals surface area (Å²) >= 11 is 0. The maximum Gasteiger partial charge on any atom is 0.342 e. The summed E-state index contributed by atoms with van der Waals surface area (Å²) in [5.74, 6) is -1.28. The quantitative estimate of drug-likeness (QED) is 0.780. The van der Waals surface area contributed by atoms with E-state index in [4.69, 9.17) is 9.47 Å². The van der Waals surface area contributed by atoms with E-state index in [1.54, 1.807) is 12.1 Å². The second-order valence-electron chi connectivity index (χ2n) is 4.53. The molecule has 2 N–H and O–H groups in total. The molecule has 1 saturated heterocycles. The zero-order valence-corrected chi connectivity index (χ0v) is 11.0. The van der Waals surface area contributed by atoms with Crippen LogP contribution in [0.2, 0.25) is 0 Å². The van der Waals surface area contributed by atoms with Gasteiger partial charge in [0.1, 0.15) is 11.3 Å². The Kier molecular flexibility index (Phi) is 4.95. The molecule has 1 aromatic rings. The first-order valence-electron chi connectivity index (χ1n) is 6.50. The molecule has 0 aromatic heterocycles. The highest BCUT2D eigenvalue weighted by atomic mass is 16.5. The maximum absolute atomic E-state index is 11.6. The SMILES string of the molecule is O=C(COC(=O)c1ccccc1O)NC[C@@H]1CCCO1. The van der Waals surface area contributed by atoms with Crippen molar-refractivity contribution < 1.29 is 24.2 Å². The van der Waals surface area contributed by atoms with Crippen molar-refractivity contribution in [2.45, 2.75) is 18.9 Å². The van der Waals surface area contributed by atoms with Gasteiger partial charge in [0.2, 0.25) is 0 Å². The Bertz CT molecular complexity index is 482. The number of ether oxygens (including phenoxy) is 2. The molecule has 0 aliphatic carbocycles. The number of rotatable bonds is 5. The van der Waals surface area contributed by atoms with Crippen LogP contribution in [0.4, 0.5) is 0 Å². The number of esters is 1. The lowest BCUT2D eigenvalue weighted by Gasteiger charge is -2.11. The lowest BCUT2D eigenvalue weighted by molar-refractivity contribution is -0.124. The van der Waals surface area contributed by atoms with Gasteiger partial charge in [0.25, 0.3) is 5.91 Å². The van der Waals surface area contributed by atoms with E-state index in [-0.39, 0.29) is 29.9 Å². The Morgan fingerprint density at radius 3 is 2.90 bits per heavy atom. The van der Waals surface area contributed by atoms with E-state index >= 15 is 0 Å². The summed E-state index contributed by atoms with van der Waals surface area (Å²) in [5.41, 5.74) is 0.0411. The summed E-state index contributed by atoms with van der Waals surface area (Å²) in [6, 6.07) is 6.02. The van der Waals surface area contributed by atoms with Gasteiger partial charge in [-0.05, 0) is 25.0 Å². The summed E-state index contributed by atoms with van der Waals surface area (Å²) in [5, 5.41) is 12.1. The zero-order chi connectivity index (χ0) is 14.4. The summed E-state index contributed by atoms with van der Waals surface area (Å²) in [6.45, 7) is 0.773. The first kappa shape index (κ1) is 14.3. The van der Waals surface area contributed by atoms with Gasteiger partial charge < -0.3 is 19.9 Å². The van der Waals surface area contributed by atoms with Gasteiger partial charge in [0.15, 0.2) is 6.61 Å². The molecule has 108 valence electrons. The minimum Gasteiger partial charge on any atom is -0.507 e. The summed E-state index contributed by atoms with van der Waals surface area (Å²) in [6.07, 6.45) is 1.98. The highest BCUT2D eigenvalue weighted by Crippen LogP contribution is 2.16. The number of hydrogen-bond donors (Lipinski definition) is 2. The molecule has 0 bridgehead atoms. The van der Waals surface area contributed by atoms with Gasteiger partial charge in [0, 0.05) is 13.2 Å². The van der Waals surface area contributed by atoms with E-state index in [2.05, 4.69) is 5.32 Å². The number of phenolic OH excluding ortho intramolecular Hbond substituents is 1. The van der Waals surface area contributed by atoms with Crippen molar-refractivity contribution in [3.63, 3.8) is 0 Å². The Morgan fingerprint density at radius 2 is 2.20 bits per heavy atom. The molecule has 1 aliphatic rings. The summed E-state index contributed by atoms with van der Waals surface area (Å²) in [7, 11) is 0. The van der Waals surface area contributed by atoms with Crippen LogP contribution in [-0.2, 0) is 14.3 Å². The predicted octanol–water partition coefficient (Wildman–Crippen LogP) is 0.844. The van der Waals surface area contributed by atoms with Crippen molar-refractivity contribution in [3.05, 3.63) is 29.8 Å². The van der Waals surface area contributed by atoms with Gasteiger partial charge >= 0.3 is 5.97 Å². The number of para-hydroxylation sites is 1. The standard InChI is InChI=1S/C14H17NO5/c16-12-6-2-1-5-11(12)14(18)20-9-13(17)15-8-10-4-3-7-19-10/h1-2,5-6,10,16H,3-4,7-9H2,(H,15,17)/t10-/m0/s1. The van der Waals surface area contributed by atoms with Crippen LogP contribution in [0.15, 0.2) is 24.3 Å². The van der Waals surface area contributed by atoms with Crippen LogP contribution in [0, 0.1) is 0 Å². The summed E-state index contributed by atoms with van der Waals surface area (Å²) in [4.78, 5) is 23.2. The minimum absolute atomic E-state index is 0.0411. The van der Waals surface area contributed by atoms with Crippen LogP contribution in [0.1, 0.15) is 23.2 Å². The molecule has 1 atom stereocenters. The predicted molar refractivity (Wildman–Crippen MR) is 70.4 cm³/mol. The summed E-state index contributed by atoms with van der Waals surface area (Å²) < 4.78 is 10.2. The second kappa shape index (κ2) is 6.91. The molecule has 1 fully saturated rings. The molecule has 0 radical (unpaired) electrons. The normalized spacial score (nSPS) is 17.7. The van der Waals surface area contributed by atoms with Crippen molar-refractivity contribution in [1.82, 2.24) is 5.32 Å². The second-order valence-corrected chi connectivity index (χ2v) is 4.53. The smallest absolute Gasteiger partial charge is 0.342 e. The largest absolute Gasteiger partial charge is 0.507 e. The molecule has 0 saturated carbocycles. The van der Waals surface area contributed by atoms with Crippen LogP contribution >= 0.6 is 0 Å². The van der Waals surface area contributed by atoms with E-state index in [0.29, 0.717) is 6.54 Å². The fraction of sp³-hybridized carbons (Fsp3) is 0.429. The van der Waals surface area contributed by atoms with Crippen molar-refractivity contribution in [2.75, 3.05) is 19.8 Å². The number of benzene rings is 1. The Balaban J connectivity index is 1.72. The van der Waals surface area contributed by atoms with Crippen molar-refractivity contribution in [3.8, 4) is 5.75 Å². The van der Waals surface area contributed by atoms with Crippen LogP contribution in [0.25, 0.3) is 0 Å². The highest BCUT2D eigenvalue weighted by molar-refractivity contribution is 5.93. The van der Waals surface area contributed by atoms with E-state index in [1.807, 2.05) is 0 Å². The number of hydrogen-bond acceptors (Lipinski definition) is 5. The lowest BCUT2D eigenvalue weighted by atomic mass is 10.2. The van der Waals surface area contributed by atoms with Gasteiger partial charge in [-0.2, -0.15) is 0 Å². The van der Waals surface area contributed by atoms with Crippen LogP contribution in [0.3, 0.4) is 0 Å². The fourth-order valence-electron chi connectivity index (χ4n) is 1.94. The monoisotopic (exact) mass is 279 g/mol. The molecular weight excluding hydrogens is 262 g/mol. The molecule has 1 heterocycles. The minimum atomic E-state index is -0.727. The fourth-order valence-corrected chi connectivity index (χ4v) is 1.94. The molecular formula is C14H17NO5. The Morgan fingerprint density at radius 1 is 1.40 bits per heavy atom. The van der Waals surface area contributed by atoms with Gasteiger partial charge in [0.05, 0.1) is 6.10 Å². The first-order valence-corrected chi connectivity index (χ1v) is 6.50.